The van der Waals surface area contributed by atoms with Gasteiger partial charge in [0.15, 0.2) is 0 Å². The maximum absolute atomic E-state index is 12.5. The molecule has 1 fully saturated rings. The molecule has 112 valence electrons. The second kappa shape index (κ2) is 7.12. The van der Waals surface area contributed by atoms with Gasteiger partial charge in [-0.3, -0.25) is 4.79 Å². The summed E-state index contributed by atoms with van der Waals surface area (Å²) in [5, 5.41) is 5.95. The van der Waals surface area contributed by atoms with Gasteiger partial charge in [0.25, 0.3) is 0 Å². The third-order valence-corrected chi connectivity index (χ3v) is 3.54. The lowest BCUT2D eigenvalue weighted by Crippen LogP contribution is -2.39. The third kappa shape index (κ3) is 5.80. The number of hydrogen-bond acceptors (Lipinski definition) is 2. The number of hydrogen-bond donors (Lipinski definition) is 2. The second-order valence-corrected chi connectivity index (χ2v) is 5.49. The lowest BCUT2D eigenvalue weighted by molar-refractivity contribution is -0.184. The molecule has 0 aromatic rings. The number of carbonyl (C=O) groups excluding carboxylic acids is 1. The number of carbonyl (C=O) groups is 1. The summed E-state index contributed by atoms with van der Waals surface area (Å²) in [5.41, 5.74) is 0. The number of halogens is 3. The molecular weight excluding hydrogens is 257 g/mol. The van der Waals surface area contributed by atoms with Crippen LogP contribution in [0.4, 0.5) is 13.2 Å². The Morgan fingerprint density at radius 2 is 1.74 bits per heavy atom. The van der Waals surface area contributed by atoms with Crippen molar-refractivity contribution in [3.8, 4) is 0 Å². The first-order valence-corrected chi connectivity index (χ1v) is 6.88. The van der Waals surface area contributed by atoms with Crippen LogP contribution in [0, 0.1) is 11.8 Å². The fourth-order valence-corrected chi connectivity index (χ4v) is 2.37. The molecule has 0 radical (unpaired) electrons. The highest BCUT2D eigenvalue weighted by atomic mass is 19.4. The number of alkyl halides is 3. The molecule has 1 aliphatic carbocycles. The first-order valence-electron chi connectivity index (χ1n) is 6.88. The fourth-order valence-electron chi connectivity index (χ4n) is 2.37. The number of rotatable bonds is 5. The average molecular weight is 280 g/mol. The molecule has 0 unspecified atom stereocenters. The smallest absolute Gasteiger partial charge is 0.355 e. The highest BCUT2D eigenvalue weighted by Gasteiger charge is 2.42. The minimum Gasteiger partial charge on any atom is -0.355 e. The predicted octanol–water partition coefficient (Wildman–Crippen LogP) is 2.47. The van der Waals surface area contributed by atoms with E-state index in [9.17, 15) is 18.0 Å². The maximum atomic E-state index is 12.5. The summed E-state index contributed by atoms with van der Waals surface area (Å²) in [4.78, 5) is 11.8. The SMILES string of the molecule is CC(C)NCCNC(=O)C1CCC(C(F)(F)F)CC1. The monoisotopic (exact) mass is 280 g/mol. The first kappa shape index (κ1) is 16.3. The summed E-state index contributed by atoms with van der Waals surface area (Å²) >= 11 is 0. The molecule has 1 saturated carbocycles. The Balaban J connectivity index is 2.22. The van der Waals surface area contributed by atoms with Crippen LogP contribution in [0.2, 0.25) is 0 Å². The van der Waals surface area contributed by atoms with Gasteiger partial charge < -0.3 is 10.6 Å². The van der Waals surface area contributed by atoms with Gasteiger partial charge in [-0.05, 0) is 25.7 Å². The lowest BCUT2D eigenvalue weighted by atomic mass is 9.81. The zero-order valence-corrected chi connectivity index (χ0v) is 11.5. The van der Waals surface area contributed by atoms with Gasteiger partial charge >= 0.3 is 6.18 Å². The van der Waals surface area contributed by atoms with Gasteiger partial charge in [-0.1, -0.05) is 13.8 Å². The molecular formula is C13H23F3N2O. The Morgan fingerprint density at radius 1 is 1.16 bits per heavy atom. The van der Waals surface area contributed by atoms with Crippen LogP contribution in [0.25, 0.3) is 0 Å². The number of amides is 1. The molecule has 19 heavy (non-hydrogen) atoms. The Kier molecular flexibility index (Phi) is 6.10. The van der Waals surface area contributed by atoms with E-state index in [0.29, 0.717) is 32.0 Å². The molecule has 0 aliphatic heterocycles. The zero-order chi connectivity index (χ0) is 14.5. The molecule has 0 aromatic carbocycles. The van der Waals surface area contributed by atoms with Crippen LogP contribution >= 0.6 is 0 Å². The van der Waals surface area contributed by atoms with Gasteiger partial charge in [-0.2, -0.15) is 13.2 Å². The van der Waals surface area contributed by atoms with Crippen molar-refractivity contribution in [2.24, 2.45) is 11.8 Å². The van der Waals surface area contributed by atoms with E-state index < -0.39 is 12.1 Å². The summed E-state index contributed by atoms with van der Waals surface area (Å²) in [7, 11) is 0. The van der Waals surface area contributed by atoms with E-state index in [-0.39, 0.29) is 24.7 Å². The van der Waals surface area contributed by atoms with E-state index in [2.05, 4.69) is 10.6 Å². The highest BCUT2D eigenvalue weighted by Crippen LogP contribution is 2.39. The fraction of sp³-hybridized carbons (Fsp3) is 0.923. The lowest BCUT2D eigenvalue weighted by Gasteiger charge is -2.29. The molecule has 0 atom stereocenters. The molecule has 0 saturated heterocycles. The normalized spacial score (nSPS) is 24.5. The maximum Gasteiger partial charge on any atom is 0.391 e. The van der Waals surface area contributed by atoms with Crippen LogP contribution in [-0.2, 0) is 4.79 Å². The minimum absolute atomic E-state index is 0.0752. The van der Waals surface area contributed by atoms with Gasteiger partial charge in [-0.25, -0.2) is 0 Å². The molecule has 0 spiro atoms. The molecule has 2 N–H and O–H groups in total. The van der Waals surface area contributed by atoms with Crippen molar-refractivity contribution in [2.45, 2.75) is 51.7 Å². The van der Waals surface area contributed by atoms with E-state index in [1.807, 2.05) is 13.8 Å². The van der Waals surface area contributed by atoms with E-state index in [4.69, 9.17) is 0 Å². The van der Waals surface area contributed by atoms with E-state index in [0.717, 1.165) is 0 Å². The van der Waals surface area contributed by atoms with Crippen molar-refractivity contribution in [3.63, 3.8) is 0 Å². The number of nitrogens with one attached hydrogen (secondary N) is 2. The van der Waals surface area contributed by atoms with E-state index in [1.165, 1.54) is 0 Å². The summed E-state index contributed by atoms with van der Waals surface area (Å²) in [6.07, 6.45) is -3.28. The quantitative estimate of drug-likeness (QED) is 0.760. The van der Waals surface area contributed by atoms with Crippen molar-refractivity contribution in [3.05, 3.63) is 0 Å². The van der Waals surface area contributed by atoms with Crippen LogP contribution in [0.1, 0.15) is 39.5 Å². The van der Waals surface area contributed by atoms with Gasteiger partial charge in [0, 0.05) is 25.0 Å². The van der Waals surface area contributed by atoms with Gasteiger partial charge in [0.1, 0.15) is 0 Å². The Morgan fingerprint density at radius 3 is 2.21 bits per heavy atom. The van der Waals surface area contributed by atoms with Crippen molar-refractivity contribution in [2.75, 3.05) is 13.1 Å². The molecule has 3 nitrogen and oxygen atoms in total. The molecule has 6 heteroatoms. The second-order valence-electron chi connectivity index (χ2n) is 5.49. The van der Waals surface area contributed by atoms with Gasteiger partial charge in [0.05, 0.1) is 5.92 Å². The average Bonchev–Trinajstić information content (AvgIpc) is 2.33. The highest BCUT2D eigenvalue weighted by molar-refractivity contribution is 5.78. The van der Waals surface area contributed by atoms with Crippen molar-refractivity contribution in [1.29, 1.82) is 0 Å². The van der Waals surface area contributed by atoms with Crippen molar-refractivity contribution < 1.29 is 18.0 Å². The van der Waals surface area contributed by atoms with Gasteiger partial charge in [-0.15, -0.1) is 0 Å². The Labute approximate surface area is 112 Å². The van der Waals surface area contributed by atoms with Crippen molar-refractivity contribution in [1.82, 2.24) is 10.6 Å². The first-order chi connectivity index (χ1) is 8.80. The van der Waals surface area contributed by atoms with Gasteiger partial charge in [0.2, 0.25) is 5.91 Å². The molecule has 0 bridgehead atoms. The molecule has 1 amide bonds. The topological polar surface area (TPSA) is 41.1 Å². The van der Waals surface area contributed by atoms with Crippen LogP contribution in [0.3, 0.4) is 0 Å². The minimum atomic E-state index is -4.11. The van der Waals surface area contributed by atoms with Crippen LogP contribution in [-0.4, -0.2) is 31.2 Å². The predicted molar refractivity (Wildman–Crippen MR) is 67.7 cm³/mol. The van der Waals surface area contributed by atoms with Crippen LogP contribution in [0.5, 0.6) is 0 Å². The Bertz CT molecular complexity index is 284. The zero-order valence-electron chi connectivity index (χ0n) is 11.5. The van der Waals surface area contributed by atoms with Crippen LogP contribution < -0.4 is 10.6 Å². The van der Waals surface area contributed by atoms with E-state index >= 15 is 0 Å². The molecule has 0 aromatic heterocycles. The Hall–Kier alpha value is -0.780. The molecule has 1 aliphatic rings. The molecule has 1 rings (SSSR count). The summed E-state index contributed by atoms with van der Waals surface area (Å²) < 4.78 is 37.5. The van der Waals surface area contributed by atoms with Crippen LogP contribution in [0.15, 0.2) is 0 Å². The summed E-state index contributed by atoms with van der Waals surface area (Å²) in [5.74, 6) is -1.58. The summed E-state index contributed by atoms with van der Waals surface area (Å²) in [6.45, 7) is 5.23. The largest absolute Gasteiger partial charge is 0.391 e. The van der Waals surface area contributed by atoms with Crippen molar-refractivity contribution >= 4 is 5.91 Å². The third-order valence-electron chi connectivity index (χ3n) is 3.54. The summed E-state index contributed by atoms with van der Waals surface area (Å²) in [6, 6.07) is 0.360. The van der Waals surface area contributed by atoms with E-state index in [1.54, 1.807) is 0 Å². The standard InChI is InChI=1S/C13H23F3N2O/c1-9(2)17-7-8-18-12(19)10-3-5-11(6-4-10)13(14,15)16/h9-11,17H,3-8H2,1-2H3,(H,18,19). The molecule has 0 heterocycles.